The summed E-state index contributed by atoms with van der Waals surface area (Å²) in [7, 11) is 0. The van der Waals surface area contributed by atoms with Gasteiger partial charge in [0.05, 0.1) is 6.20 Å². The molecule has 3 fully saturated rings. The number of hydrogen-bond donors (Lipinski definition) is 2. The topological polar surface area (TPSA) is 90.0 Å². The molecule has 2 aliphatic heterocycles. The molecule has 4 heterocycles. The van der Waals surface area contributed by atoms with Crippen molar-refractivity contribution in [3.05, 3.63) is 40.8 Å². The Hall–Kier alpha value is -3.16. The van der Waals surface area contributed by atoms with E-state index in [0.29, 0.717) is 40.2 Å². The molecule has 1 spiro atoms. The first-order valence-corrected chi connectivity index (χ1v) is 12.7. The minimum atomic E-state index is -0.287. The zero-order chi connectivity index (χ0) is 23.3. The maximum absolute atomic E-state index is 12.7. The van der Waals surface area contributed by atoms with Crippen LogP contribution in [0.5, 0.6) is 0 Å². The van der Waals surface area contributed by atoms with Crippen molar-refractivity contribution < 1.29 is 0 Å². The maximum Gasteiger partial charge on any atom is 0.277 e. The van der Waals surface area contributed by atoms with E-state index in [0.717, 1.165) is 31.6 Å². The molecule has 34 heavy (non-hydrogen) atoms. The number of aromatic nitrogens is 4. The molecule has 0 radical (unpaired) electrons. The van der Waals surface area contributed by atoms with E-state index in [9.17, 15) is 4.79 Å². The molecular formula is C26H33N7O. The Kier molecular flexibility index (Phi) is 5.19. The smallest absolute Gasteiger partial charge is 0.277 e. The predicted octanol–water partition coefficient (Wildman–Crippen LogP) is 4.60. The van der Waals surface area contributed by atoms with Gasteiger partial charge in [-0.05, 0) is 88.5 Å². The van der Waals surface area contributed by atoms with Gasteiger partial charge < -0.3 is 15.1 Å². The summed E-state index contributed by atoms with van der Waals surface area (Å²) < 4.78 is 0. The third-order valence-corrected chi connectivity index (χ3v) is 8.21. The molecule has 1 saturated carbocycles. The number of piperidine rings is 2. The largest absolute Gasteiger partial charge is 0.371 e. The van der Waals surface area contributed by atoms with Crippen LogP contribution in [0, 0.1) is 5.41 Å². The van der Waals surface area contributed by atoms with Crippen LogP contribution in [-0.4, -0.2) is 45.3 Å². The third-order valence-electron chi connectivity index (χ3n) is 8.21. The highest BCUT2D eigenvalue weighted by Gasteiger charge is 2.44. The van der Waals surface area contributed by atoms with E-state index < -0.39 is 0 Å². The molecule has 8 nitrogen and oxygen atoms in total. The molecule has 2 N–H and O–H groups in total. The zero-order valence-electron chi connectivity index (χ0n) is 20.0. The Labute approximate surface area is 199 Å². The Morgan fingerprint density at radius 1 is 1.00 bits per heavy atom. The van der Waals surface area contributed by atoms with Crippen molar-refractivity contribution in [2.75, 3.05) is 28.2 Å². The number of hydrogen-bond acceptors (Lipinski definition) is 7. The van der Waals surface area contributed by atoms with Gasteiger partial charge in [-0.15, -0.1) is 0 Å². The first-order valence-electron chi connectivity index (χ1n) is 12.7. The lowest BCUT2D eigenvalue weighted by Crippen LogP contribution is -2.44. The number of H-pyrrole nitrogens is 1. The first kappa shape index (κ1) is 21.4. The van der Waals surface area contributed by atoms with Crippen molar-refractivity contribution in [1.29, 1.82) is 0 Å². The minimum Gasteiger partial charge on any atom is -0.371 e. The molecule has 1 aromatic carbocycles. The number of aromatic amines is 1. The van der Waals surface area contributed by atoms with Crippen LogP contribution >= 0.6 is 0 Å². The molecule has 1 aliphatic carbocycles. The van der Waals surface area contributed by atoms with Gasteiger partial charge in [0.2, 0.25) is 5.95 Å². The summed E-state index contributed by atoms with van der Waals surface area (Å²) in [6, 6.07) is 9.18. The molecule has 0 bridgehead atoms. The quantitative estimate of drug-likeness (QED) is 0.589. The van der Waals surface area contributed by atoms with Gasteiger partial charge in [0.1, 0.15) is 16.7 Å². The summed E-state index contributed by atoms with van der Waals surface area (Å²) in [5.74, 6) is 1.18. The highest BCUT2D eigenvalue weighted by Crippen LogP contribution is 2.53. The maximum atomic E-state index is 12.7. The van der Waals surface area contributed by atoms with Crippen LogP contribution in [0.25, 0.3) is 10.9 Å². The van der Waals surface area contributed by atoms with Gasteiger partial charge in [-0.1, -0.05) is 0 Å². The van der Waals surface area contributed by atoms with Gasteiger partial charge in [0.25, 0.3) is 5.56 Å². The number of rotatable bonds is 4. The molecule has 2 aromatic heterocycles. The van der Waals surface area contributed by atoms with Crippen molar-refractivity contribution in [1.82, 2.24) is 20.2 Å². The second-order valence-corrected chi connectivity index (χ2v) is 10.5. The van der Waals surface area contributed by atoms with Crippen LogP contribution in [0.2, 0.25) is 0 Å². The van der Waals surface area contributed by atoms with Crippen LogP contribution in [0.1, 0.15) is 58.8 Å². The number of anilines is 4. The van der Waals surface area contributed by atoms with Crippen LogP contribution in [0.4, 0.5) is 23.1 Å². The standard InChI is InChI=1S/C26H33N7O/c1-17-4-3-5-18(2)33(17)25-29-21-16-27-31-24(34)22(21)23(30-25)28-19-6-8-20(9-7-19)32-14-12-26(10-11-26)13-15-32/h6-9,16-18H,3-5,10-15H2,1-2H3,(H,31,34)(H,28,29,30). The zero-order valence-corrected chi connectivity index (χ0v) is 20.0. The van der Waals surface area contributed by atoms with Crippen molar-refractivity contribution in [3.8, 4) is 0 Å². The van der Waals surface area contributed by atoms with Crippen LogP contribution in [0.15, 0.2) is 35.3 Å². The van der Waals surface area contributed by atoms with Crippen molar-refractivity contribution in [2.24, 2.45) is 5.41 Å². The van der Waals surface area contributed by atoms with Gasteiger partial charge in [0.15, 0.2) is 0 Å². The summed E-state index contributed by atoms with van der Waals surface area (Å²) in [5, 5.41) is 10.4. The fourth-order valence-electron chi connectivity index (χ4n) is 5.82. The molecule has 2 unspecified atom stereocenters. The molecule has 8 heteroatoms. The highest BCUT2D eigenvalue weighted by molar-refractivity contribution is 5.90. The highest BCUT2D eigenvalue weighted by atomic mass is 16.1. The van der Waals surface area contributed by atoms with E-state index in [1.54, 1.807) is 6.20 Å². The Morgan fingerprint density at radius 2 is 1.71 bits per heavy atom. The number of benzene rings is 1. The van der Waals surface area contributed by atoms with Crippen molar-refractivity contribution in [3.63, 3.8) is 0 Å². The van der Waals surface area contributed by atoms with E-state index in [-0.39, 0.29) is 5.56 Å². The Morgan fingerprint density at radius 3 is 2.38 bits per heavy atom. The number of nitrogens with one attached hydrogen (secondary N) is 2. The van der Waals surface area contributed by atoms with Crippen molar-refractivity contribution in [2.45, 2.75) is 70.9 Å². The van der Waals surface area contributed by atoms with E-state index in [1.807, 2.05) is 0 Å². The fraction of sp³-hybridized carbons (Fsp3) is 0.538. The first-order chi connectivity index (χ1) is 16.5. The molecule has 3 aromatic rings. The summed E-state index contributed by atoms with van der Waals surface area (Å²) in [5.41, 5.74) is 3.11. The Balaban J connectivity index is 1.30. The van der Waals surface area contributed by atoms with Gasteiger partial charge in [-0.25, -0.2) is 10.1 Å². The summed E-state index contributed by atoms with van der Waals surface area (Å²) in [6.45, 7) is 6.72. The lowest BCUT2D eigenvalue weighted by atomic mass is 9.93. The molecule has 2 atom stereocenters. The summed E-state index contributed by atoms with van der Waals surface area (Å²) in [6.07, 6.45) is 10.5. The van der Waals surface area contributed by atoms with Crippen LogP contribution in [-0.2, 0) is 0 Å². The number of nitrogens with zero attached hydrogens (tertiary/aromatic N) is 5. The molecule has 2 saturated heterocycles. The van der Waals surface area contributed by atoms with Gasteiger partial charge in [-0.3, -0.25) is 4.79 Å². The van der Waals surface area contributed by atoms with Gasteiger partial charge >= 0.3 is 0 Å². The average Bonchev–Trinajstić information content (AvgIpc) is 3.59. The normalized spacial score (nSPS) is 23.9. The molecule has 6 rings (SSSR count). The average molecular weight is 460 g/mol. The number of fused-ring (bicyclic) bond motifs is 1. The molecule has 3 aliphatic rings. The fourth-order valence-corrected chi connectivity index (χ4v) is 5.82. The third kappa shape index (κ3) is 3.89. The lowest BCUT2D eigenvalue weighted by molar-refractivity contribution is 0.384. The SMILES string of the molecule is CC1CCCC(C)N1c1nc(Nc2ccc(N3CCC4(CC3)CC4)cc2)c2c(=O)[nH]ncc2n1. The van der Waals surface area contributed by atoms with Gasteiger partial charge in [-0.2, -0.15) is 10.1 Å². The monoisotopic (exact) mass is 459 g/mol. The minimum absolute atomic E-state index is 0.287. The Bertz CT molecular complexity index is 1230. The van der Waals surface area contributed by atoms with Crippen LogP contribution < -0.4 is 20.7 Å². The van der Waals surface area contributed by atoms with Crippen molar-refractivity contribution >= 4 is 34.0 Å². The van der Waals surface area contributed by atoms with E-state index in [1.165, 1.54) is 37.8 Å². The molecule has 178 valence electrons. The van der Waals surface area contributed by atoms with Gasteiger partial charge in [0, 0.05) is 36.5 Å². The second-order valence-electron chi connectivity index (χ2n) is 10.5. The van der Waals surface area contributed by atoms with Crippen LogP contribution in [0.3, 0.4) is 0 Å². The summed E-state index contributed by atoms with van der Waals surface area (Å²) >= 11 is 0. The predicted molar refractivity (Wildman–Crippen MR) is 136 cm³/mol. The van der Waals surface area contributed by atoms with E-state index in [2.05, 4.69) is 63.4 Å². The van der Waals surface area contributed by atoms with E-state index in [4.69, 9.17) is 9.97 Å². The van der Waals surface area contributed by atoms with E-state index >= 15 is 0 Å². The molecular weight excluding hydrogens is 426 g/mol. The second kappa shape index (κ2) is 8.25. The summed E-state index contributed by atoms with van der Waals surface area (Å²) in [4.78, 5) is 27.0. The lowest BCUT2D eigenvalue weighted by Gasteiger charge is -2.39. The molecule has 0 amide bonds.